The Morgan fingerprint density at radius 3 is 2.30 bits per heavy atom. The molecule has 1 aliphatic heterocycles. The van der Waals surface area contributed by atoms with Crippen molar-refractivity contribution in [3.63, 3.8) is 0 Å². The fraction of sp³-hybridized carbons (Fsp3) is 0.333. The molecule has 2 heterocycles. The number of aromatic nitrogens is 1. The zero-order valence-electron chi connectivity index (χ0n) is 18.7. The fourth-order valence-corrected chi connectivity index (χ4v) is 4.82. The summed E-state index contributed by atoms with van der Waals surface area (Å²) in [4.78, 5) is 21.3. The van der Waals surface area contributed by atoms with Gasteiger partial charge >= 0.3 is 0 Å². The lowest BCUT2D eigenvalue weighted by Gasteiger charge is -2.34. The van der Waals surface area contributed by atoms with Crippen LogP contribution in [0.15, 0.2) is 41.8 Å². The molecule has 1 aromatic heterocycles. The summed E-state index contributed by atoms with van der Waals surface area (Å²) in [6, 6.07) is 9.91. The van der Waals surface area contributed by atoms with Crippen molar-refractivity contribution in [3.8, 4) is 0 Å². The summed E-state index contributed by atoms with van der Waals surface area (Å²) in [6.07, 6.45) is 0. The van der Waals surface area contributed by atoms with E-state index in [9.17, 15) is 13.6 Å². The number of benzene rings is 2. The highest BCUT2D eigenvalue weighted by atomic mass is 35.5. The third kappa shape index (κ3) is 5.03. The van der Waals surface area contributed by atoms with E-state index in [-0.39, 0.29) is 5.13 Å². The summed E-state index contributed by atoms with van der Waals surface area (Å²) in [5, 5.41) is 5.29. The van der Waals surface area contributed by atoms with Crippen molar-refractivity contribution in [2.45, 2.75) is 19.3 Å². The number of carbonyl (C=O) groups is 1. The van der Waals surface area contributed by atoms with Gasteiger partial charge in [-0.05, 0) is 36.9 Å². The molecule has 0 spiro atoms. The van der Waals surface area contributed by atoms with Crippen molar-refractivity contribution >= 4 is 39.7 Å². The summed E-state index contributed by atoms with van der Waals surface area (Å²) < 4.78 is 29.6. The maximum Gasteiger partial charge on any atom is 0.263 e. The van der Waals surface area contributed by atoms with Gasteiger partial charge in [0.25, 0.3) is 5.91 Å². The van der Waals surface area contributed by atoms with Crippen LogP contribution in [0, 0.1) is 11.6 Å². The van der Waals surface area contributed by atoms with Crippen molar-refractivity contribution in [1.82, 2.24) is 9.88 Å². The number of hydrogen-bond donors (Lipinski definition) is 1. The van der Waals surface area contributed by atoms with E-state index in [2.05, 4.69) is 15.2 Å². The van der Waals surface area contributed by atoms with Crippen LogP contribution in [-0.4, -0.2) is 49.0 Å². The van der Waals surface area contributed by atoms with Gasteiger partial charge in [0.15, 0.2) is 5.13 Å². The van der Waals surface area contributed by atoms with Gasteiger partial charge in [0.05, 0.1) is 5.69 Å². The monoisotopic (exact) mass is 490 g/mol. The number of likely N-dealkylation sites (N-methyl/N-ethyl adjacent to an activating group) is 1. The van der Waals surface area contributed by atoms with Crippen LogP contribution >= 0.6 is 22.9 Å². The minimum Gasteiger partial charge on any atom is -0.369 e. The largest absolute Gasteiger partial charge is 0.369 e. The molecule has 9 heteroatoms. The van der Waals surface area contributed by atoms with Crippen LogP contribution in [0.4, 0.5) is 19.6 Å². The maximum absolute atomic E-state index is 14.8. The lowest BCUT2D eigenvalue weighted by Crippen LogP contribution is -2.44. The summed E-state index contributed by atoms with van der Waals surface area (Å²) in [5.41, 5.74) is 1.13. The lowest BCUT2D eigenvalue weighted by molar-refractivity contribution is 0.101. The Hall–Kier alpha value is -2.55. The second-order valence-corrected chi connectivity index (χ2v) is 9.99. The van der Waals surface area contributed by atoms with Crippen LogP contribution in [-0.2, 0) is 5.41 Å². The molecule has 174 valence electrons. The number of anilines is 2. The van der Waals surface area contributed by atoms with Gasteiger partial charge in [0, 0.05) is 47.7 Å². The van der Waals surface area contributed by atoms with Gasteiger partial charge in [0.1, 0.15) is 17.2 Å². The summed E-state index contributed by atoms with van der Waals surface area (Å²) in [7, 11) is 2.01. The number of halogens is 3. The Bertz CT molecular complexity index is 1130. The summed E-state index contributed by atoms with van der Waals surface area (Å²) >= 11 is 7.19. The molecule has 0 saturated carbocycles. The zero-order chi connectivity index (χ0) is 23.8. The normalized spacial score (nSPS) is 15.0. The van der Waals surface area contributed by atoms with E-state index < -0.39 is 28.5 Å². The van der Waals surface area contributed by atoms with E-state index in [0.29, 0.717) is 23.8 Å². The molecule has 1 aliphatic rings. The average Bonchev–Trinajstić information content (AvgIpc) is 3.23. The van der Waals surface area contributed by atoms with Crippen molar-refractivity contribution in [2.75, 3.05) is 43.4 Å². The van der Waals surface area contributed by atoms with E-state index in [0.717, 1.165) is 24.3 Å². The highest BCUT2D eigenvalue weighted by Gasteiger charge is 2.27. The molecule has 3 aromatic rings. The van der Waals surface area contributed by atoms with Crippen LogP contribution in [0.5, 0.6) is 0 Å². The zero-order valence-corrected chi connectivity index (χ0v) is 20.2. The summed E-state index contributed by atoms with van der Waals surface area (Å²) in [5.74, 6) is -2.64. The molecule has 1 N–H and O–H groups in total. The van der Waals surface area contributed by atoms with Crippen molar-refractivity contribution in [1.29, 1.82) is 0 Å². The molecule has 5 nitrogen and oxygen atoms in total. The Morgan fingerprint density at radius 1 is 1.09 bits per heavy atom. The Labute approximate surface area is 201 Å². The predicted octanol–water partition coefficient (Wildman–Crippen LogP) is 5.40. The second kappa shape index (κ2) is 9.37. The number of thiazole rings is 1. The van der Waals surface area contributed by atoms with E-state index in [1.807, 2.05) is 55.4 Å². The second-order valence-electron chi connectivity index (χ2n) is 8.70. The van der Waals surface area contributed by atoms with Gasteiger partial charge in [-0.25, -0.2) is 13.8 Å². The van der Waals surface area contributed by atoms with Crippen LogP contribution < -0.4 is 10.2 Å². The Kier molecular flexibility index (Phi) is 6.70. The topological polar surface area (TPSA) is 48.5 Å². The lowest BCUT2D eigenvalue weighted by atomic mass is 9.82. The van der Waals surface area contributed by atoms with Gasteiger partial charge in [-0.3, -0.25) is 10.1 Å². The fourth-order valence-electron chi connectivity index (χ4n) is 3.82. The minimum absolute atomic E-state index is 0.277. The molecule has 2 aromatic carbocycles. The number of nitrogens with zero attached hydrogens (tertiary/aromatic N) is 3. The highest BCUT2D eigenvalue weighted by molar-refractivity contribution is 7.14. The molecule has 4 rings (SSSR count). The predicted molar refractivity (Wildman–Crippen MR) is 130 cm³/mol. The Balaban J connectivity index is 1.51. The van der Waals surface area contributed by atoms with Crippen LogP contribution in [0.2, 0.25) is 5.02 Å². The number of piperazine rings is 1. The van der Waals surface area contributed by atoms with Crippen molar-refractivity contribution in [3.05, 3.63) is 75.3 Å². The first-order valence-corrected chi connectivity index (χ1v) is 11.9. The molecule has 0 radical (unpaired) electrons. The average molecular weight is 491 g/mol. The van der Waals surface area contributed by atoms with Gasteiger partial charge in [-0.1, -0.05) is 37.6 Å². The molecule has 0 aliphatic carbocycles. The number of amides is 1. The molecule has 0 atom stereocenters. The molecule has 0 bridgehead atoms. The highest BCUT2D eigenvalue weighted by Crippen LogP contribution is 2.34. The van der Waals surface area contributed by atoms with Crippen LogP contribution in [0.25, 0.3) is 0 Å². The molecular formula is C24H25ClF2N4OS. The first kappa shape index (κ1) is 23.6. The smallest absolute Gasteiger partial charge is 0.263 e. The van der Waals surface area contributed by atoms with Crippen molar-refractivity contribution in [2.24, 2.45) is 0 Å². The van der Waals surface area contributed by atoms with Crippen LogP contribution in [0.3, 0.4) is 0 Å². The van der Waals surface area contributed by atoms with E-state index in [4.69, 9.17) is 11.6 Å². The first-order valence-electron chi connectivity index (χ1n) is 10.6. The molecule has 0 unspecified atom stereocenters. The van der Waals surface area contributed by atoms with Crippen molar-refractivity contribution < 1.29 is 13.6 Å². The Morgan fingerprint density at radius 2 is 1.70 bits per heavy atom. The van der Waals surface area contributed by atoms with Crippen LogP contribution in [0.1, 0.15) is 35.5 Å². The number of nitrogens with one attached hydrogen (secondary N) is 1. The van der Waals surface area contributed by atoms with E-state index in [1.54, 1.807) is 0 Å². The third-order valence-electron chi connectivity index (χ3n) is 6.05. The third-order valence-corrected chi connectivity index (χ3v) is 7.06. The molecule has 1 fully saturated rings. The molecule has 1 amide bonds. The van der Waals surface area contributed by atoms with Gasteiger partial charge in [0.2, 0.25) is 0 Å². The molecule has 1 saturated heterocycles. The van der Waals surface area contributed by atoms with E-state index in [1.165, 1.54) is 23.5 Å². The van der Waals surface area contributed by atoms with Gasteiger partial charge in [-0.2, -0.15) is 0 Å². The standard InChI is InChI=1S/C24H25ClF2N4OS/c1-24(2,15-4-6-16(25)7-5-15)20-14-33-23(28-20)29-22(32)21-18(26)12-17(13-19(21)27)31-10-8-30(3)9-11-31/h4-7,12-14H,8-11H2,1-3H3,(H,28,29,32). The molecular weight excluding hydrogens is 466 g/mol. The van der Waals surface area contributed by atoms with Gasteiger partial charge in [-0.15, -0.1) is 11.3 Å². The summed E-state index contributed by atoms with van der Waals surface area (Å²) in [6.45, 7) is 6.98. The molecule has 33 heavy (non-hydrogen) atoms. The SMILES string of the molecule is CN1CCN(c2cc(F)c(C(=O)Nc3nc(C(C)(C)c4ccc(Cl)cc4)cs3)c(F)c2)CC1. The number of rotatable bonds is 5. The van der Waals surface area contributed by atoms with E-state index >= 15 is 0 Å². The number of hydrogen-bond acceptors (Lipinski definition) is 5. The maximum atomic E-state index is 14.8. The first-order chi connectivity index (χ1) is 15.6. The minimum atomic E-state index is -0.889. The quantitative estimate of drug-likeness (QED) is 0.520. The van der Waals surface area contributed by atoms with Gasteiger partial charge < -0.3 is 9.80 Å². The number of carbonyl (C=O) groups excluding carboxylic acids is 1.